The largest absolute Gasteiger partial charge is 0.307 e. The van der Waals surface area contributed by atoms with Crippen molar-refractivity contribution < 1.29 is 0 Å². The topological polar surface area (TPSA) is 43.1 Å². The predicted octanol–water partition coefficient (Wildman–Crippen LogP) is 2.42. The summed E-state index contributed by atoms with van der Waals surface area (Å²) in [5.74, 6) is 0.783. The molecule has 0 saturated heterocycles. The van der Waals surface area contributed by atoms with E-state index in [2.05, 4.69) is 15.0 Å². The van der Waals surface area contributed by atoms with Gasteiger partial charge in [0.2, 0.25) is 0 Å². The summed E-state index contributed by atoms with van der Waals surface area (Å²) in [4.78, 5) is 12.8. The van der Waals surface area contributed by atoms with E-state index in [9.17, 15) is 0 Å². The average molecular weight is 242 g/mol. The lowest BCUT2D eigenvalue weighted by Gasteiger charge is -1.95. The Kier molecular flexibility index (Phi) is 2.75. The van der Waals surface area contributed by atoms with Crippen LogP contribution in [-0.2, 0) is 5.75 Å². The van der Waals surface area contributed by atoms with Gasteiger partial charge in [0.1, 0.15) is 5.65 Å². The molecule has 0 amide bonds. The fraction of sp³-hybridized carbons (Fsp3) is 0.0833. The summed E-state index contributed by atoms with van der Waals surface area (Å²) >= 11 is 1.59. The Hall–Kier alpha value is -1.88. The van der Waals surface area contributed by atoms with E-state index in [0.717, 1.165) is 22.3 Å². The van der Waals surface area contributed by atoms with Gasteiger partial charge < -0.3 is 4.40 Å². The normalized spacial score (nSPS) is 10.8. The minimum Gasteiger partial charge on any atom is -0.307 e. The molecule has 3 heterocycles. The summed E-state index contributed by atoms with van der Waals surface area (Å²) in [7, 11) is 0. The van der Waals surface area contributed by atoms with Crippen LogP contribution in [0.5, 0.6) is 0 Å². The van der Waals surface area contributed by atoms with E-state index in [-0.39, 0.29) is 0 Å². The number of aromatic nitrogens is 4. The molecule has 3 aromatic heterocycles. The van der Waals surface area contributed by atoms with Crippen molar-refractivity contribution in [3.05, 3.63) is 54.7 Å². The highest BCUT2D eigenvalue weighted by Crippen LogP contribution is 2.17. The molecule has 0 bridgehead atoms. The van der Waals surface area contributed by atoms with Crippen LogP contribution in [-0.4, -0.2) is 19.4 Å². The highest BCUT2D eigenvalue weighted by atomic mass is 32.2. The molecule has 0 atom stereocenters. The summed E-state index contributed by atoms with van der Waals surface area (Å²) in [6.45, 7) is 0. The first kappa shape index (κ1) is 10.3. The van der Waals surface area contributed by atoms with E-state index >= 15 is 0 Å². The Balaban J connectivity index is 1.77. The van der Waals surface area contributed by atoms with E-state index < -0.39 is 0 Å². The molecule has 84 valence electrons. The number of imidazole rings is 1. The lowest BCUT2D eigenvalue weighted by molar-refractivity contribution is 0.965. The molecule has 0 aliphatic rings. The first-order valence-electron chi connectivity index (χ1n) is 5.24. The van der Waals surface area contributed by atoms with Crippen LogP contribution in [0.25, 0.3) is 5.65 Å². The molecular weight excluding hydrogens is 232 g/mol. The molecular formula is C12H10N4S. The molecule has 17 heavy (non-hydrogen) atoms. The molecule has 0 spiro atoms. The second-order valence-electron chi connectivity index (χ2n) is 3.52. The van der Waals surface area contributed by atoms with Crippen molar-refractivity contribution in [1.82, 2.24) is 19.4 Å². The van der Waals surface area contributed by atoms with Gasteiger partial charge in [-0.05, 0) is 18.2 Å². The number of thioether (sulfide) groups is 1. The van der Waals surface area contributed by atoms with Crippen LogP contribution in [0, 0.1) is 0 Å². The van der Waals surface area contributed by atoms with Crippen LogP contribution in [0.15, 0.2) is 54.2 Å². The lowest BCUT2D eigenvalue weighted by atomic mass is 10.5. The van der Waals surface area contributed by atoms with Crippen LogP contribution in [0.4, 0.5) is 0 Å². The van der Waals surface area contributed by atoms with Gasteiger partial charge in [-0.3, -0.25) is 0 Å². The zero-order chi connectivity index (χ0) is 11.5. The monoisotopic (exact) mass is 242 g/mol. The van der Waals surface area contributed by atoms with Crippen LogP contribution in [0.3, 0.4) is 0 Å². The van der Waals surface area contributed by atoms with E-state index in [0.29, 0.717) is 0 Å². The Bertz CT molecular complexity index is 587. The Morgan fingerprint density at radius 3 is 2.82 bits per heavy atom. The number of fused-ring (bicyclic) bond motifs is 1. The Morgan fingerprint density at radius 1 is 1.12 bits per heavy atom. The summed E-state index contributed by atoms with van der Waals surface area (Å²) < 4.78 is 2.02. The van der Waals surface area contributed by atoms with Gasteiger partial charge in [-0.25, -0.2) is 15.0 Å². The van der Waals surface area contributed by atoms with Crippen molar-refractivity contribution in [3.8, 4) is 0 Å². The minimum atomic E-state index is 0.782. The Morgan fingerprint density at radius 2 is 2.00 bits per heavy atom. The Labute approximate surface area is 103 Å². The summed E-state index contributed by atoms with van der Waals surface area (Å²) in [6, 6.07) is 7.79. The molecule has 0 N–H and O–H groups in total. The van der Waals surface area contributed by atoms with E-state index in [1.54, 1.807) is 24.2 Å². The molecule has 0 aliphatic carbocycles. The van der Waals surface area contributed by atoms with Crippen molar-refractivity contribution in [2.45, 2.75) is 10.9 Å². The standard InChI is InChI=1S/C12H10N4S/c1-2-7-16-8-10(15-11(16)4-1)9-17-12-13-5-3-6-14-12/h1-8H,9H2. The molecule has 0 aromatic carbocycles. The van der Waals surface area contributed by atoms with Crippen molar-refractivity contribution in [2.75, 3.05) is 0 Å². The lowest BCUT2D eigenvalue weighted by Crippen LogP contribution is -1.85. The van der Waals surface area contributed by atoms with E-state index in [1.165, 1.54) is 0 Å². The highest BCUT2D eigenvalue weighted by Gasteiger charge is 2.02. The quantitative estimate of drug-likeness (QED) is 0.522. The molecule has 3 rings (SSSR count). The van der Waals surface area contributed by atoms with Gasteiger partial charge in [-0.1, -0.05) is 17.8 Å². The van der Waals surface area contributed by atoms with Gasteiger partial charge in [0.15, 0.2) is 5.16 Å². The number of pyridine rings is 1. The van der Waals surface area contributed by atoms with Crippen LogP contribution in [0.2, 0.25) is 0 Å². The summed E-state index contributed by atoms with van der Waals surface area (Å²) in [6.07, 6.45) is 7.53. The third-order valence-electron chi connectivity index (χ3n) is 2.31. The molecule has 0 radical (unpaired) electrons. The van der Waals surface area contributed by atoms with Crippen molar-refractivity contribution in [1.29, 1.82) is 0 Å². The first-order chi connectivity index (χ1) is 8.42. The molecule has 0 fully saturated rings. The first-order valence-corrected chi connectivity index (χ1v) is 6.23. The maximum atomic E-state index is 4.51. The predicted molar refractivity (Wildman–Crippen MR) is 66.8 cm³/mol. The zero-order valence-corrected chi connectivity index (χ0v) is 9.84. The second-order valence-corrected chi connectivity index (χ2v) is 4.46. The smallest absolute Gasteiger partial charge is 0.187 e. The van der Waals surface area contributed by atoms with Gasteiger partial charge in [0.05, 0.1) is 5.69 Å². The second kappa shape index (κ2) is 4.55. The maximum absolute atomic E-state index is 4.51. The van der Waals surface area contributed by atoms with Gasteiger partial charge in [0, 0.05) is 30.5 Å². The summed E-state index contributed by atoms with van der Waals surface area (Å²) in [5.41, 5.74) is 2.01. The molecule has 0 aliphatic heterocycles. The van der Waals surface area contributed by atoms with Gasteiger partial charge in [0.25, 0.3) is 0 Å². The average Bonchev–Trinajstić information content (AvgIpc) is 2.80. The van der Waals surface area contributed by atoms with Crippen molar-refractivity contribution in [2.24, 2.45) is 0 Å². The van der Waals surface area contributed by atoms with E-state index in [1.807, 2.05) is 41.1 Å². The zero-order valence-electron chi connectivity index (χ0n) is 9.02. The fourth-order valence-corrected chi connectivity index (χ4v) is 2.24. The number of nitrogens with zero attached hydrogens (tertiary/aromatic N) is 4. The summed E-state index contributed by atoms with van der Waals surface area (Å²) in [5, 5.41) is 0.782. The number of hydrogen-bond donors (Lipinski definition) is 0. The van der Waals surface area contributed by atoms with Crippen LogP contribution < -0.4 is 0 Å². The third-order valence-corrected chi connectivity index (χ3v) is 3.21. The molecule has 3 aromatic rings. The number of hydrogen-bond acceptors (Lipinski definition) is 4. The fourth-order valence-electron chi connectivity index (χ4n) is 1.56. The van der Waals surface area contributed by atoms with E-state index in [4.69, 9.17) is 0 Å². The molecule has 0 unspecified atom stereocenters. The van der Waals surface area contributed by atoms with Gasteiger partial charge in [-0.15, -0.1) is 0 Å². The highest BCUT2D eigenvalue weighted by molar-refractivity contribution is 7.98. The third kappa shape index (κ3) is 2.29. The molecule has 5 heteroatoms. The number of rotatable bonds is 3. The van der Waals surface area contributed by atoms with Crippen molar-refractivity contribution >= 4 is 17.4 Å². The minimum absolute atomic E-state index is 0.782. The van der Waals surface area contributed by atoms with Gasteiger partial charge in [-0.2, -0.15) is 0 Å². The maximum Gasteiger partial charge on any atom is 0.187 e. The molecule has 4 nitrogen and oxygen atoms in total. The van der Waals surface area contributed by atoms with Crippen LogP contribution in [0.1, 0.15) is 5.69 Å². The SMILES string of the molecule is c1cnc(SCc2cn3ccccc3n2)nc1. The molecule has 0 saturated carbocycles. The van der Waals surface area contributed by atoms with Crippen LogP contribution >= 0.6 is 11.8 Å². The van der Waals surface area contributed by atoms with Crippen molar-refractivity contribution in [3.63, 3.8) is 0 Å². The van der Waals surface area contributed by atoms with Gasteiger partial charge >= 0.3 is 0 Å².